The number of aliphatic carboxylic acids is 1. The van der Waals surface area contributed by atoms with Gasteiger partial charge in [-0.25, -0.2) is 4.39 Å². The number of carboxylic acid groups (broad SMARTS) is 1. The molecule has 1 amide bonds. The molecule has 1 rings (SSSR count). The number of nitrogens with one attached hydrogen (secondary N) is 1. The third kappa shape index (κ3) is 8.33. The molecule has 0 aliphatic carbocycles. The molecule has 0 heterocycles. The van der Waals surface area contributed by atoms with Gasteiger partial charge in [-0.3, -0.25) is 9.59 Å². The zero-order valence-electron chi connectivity index (χ0n) is 14.1. The molecule has 0 radical (unpaired) electrons. The van der Waals surface area contributed by atoms with Gasteiger partial charge >= 0.3 is 5.97 Å². The van der Waals surface area contributed by atoms with Crippen LogP contribution in [-0.4, -0.2) is 17.0 Å². The number of carboxylic acids is 1. The average Bonchev–Trinajstić information content (AvgIpc) is 2.42. The first-order valence-electron chi connectivity index (χ1n) is 7.94. The normalized spacial score (nSPS) is 12.7. The number of amides is 1. The van der Waals surface area contributed by atoms with Gasteiger partial charge in [0.15, 0.2) is 0 Å². The predicted molar refractivity (Wildman–Crippen MR) is 87.5 cm³/mol. The Balaban J connectivity index is 2.64. The first-order valence-corrected chi connectivity index (χ1v) is 7.94. The Labute approximate surface area is 137 Å². The fraction of sp³-hybridized carbons (Fsp3) is 0.556. The topological polar surface area (TPSA) is 66.4 Å². The second kappa shape index (κ2) is 8.65. The van der Waals surface area contributed by atoms with Crippen LogP contribution in [0.5, 0.6) is 0 Å². The quantitative estimate of drug-likeness (QED) is 0.709. The van der Waals surface area contributed by atoms with Crippen LogP contribution in [0.1, 0.15) is 64.5 Å². The molecule has 128 valence electrons. The number of carbonyl (C=O) groups excluding carboxylic acids is 1. The van der Waals surface area contributed by atoms with Crippen LogP contribution in [0.2, 0.25) is 0 Å². The van der Waals surface area contributed by atoms with Gasteiger partial charge in [-0.15, -0.1) is 0 Å². The van der Waals surface area contributed by atoms with Gasteiger partial charge in [0.25, 0.3) is 0 Å². The van der Waals surface area contributed by atoms with Gasteiger partial charge in [0.1, 0.15) is 5.82 Å². The molecule has 23 heavy (non-hydrogen) atoms. The standard InChI is InChI=1S/C18H26FNO3/c1-18(2,3)12-15(13-8-10-14(19)11-9-13)20-16(21)6-4-5-7-17(22)23/h8-11,15H,4-7,12H2,1-3H3,(H,20,21)(H,22,23). The molecule has 5 heteroatoms. The number of hydrogen-bond acceptors (Lipinski definition) is 2. The molecule has 1 aromatic carbocycles. The predicted octanol–water partition coefficient (Wildman–Crippen LogP) is 4.06. The van der Waals surface area contributed by atoms with Crippen LogP contribution < -0.4 is 5.32 Å². The van der Waals surface area contributed by atoms with Crippen molar-refractivity contribution in [2.24, 2.45) is 5.41 Å². The average molecular weight is 323 g/mol. The van der Waals surface area contributed by atoms with Crippen LogP contribution in [0.3, 0.4) is 0 Å². The molecule has 1 aromatic rings. The van der Waals surface area contributed by atoms with Gasteiger partial charge in [-0.05, 0) is 42.4 Å². The summed E-state index contributed by atoms with van der Waals surface area (Å²) in [5.41, 5.74) is 0.885. The maximum absolute atomic E-state index is 13.1. The molecule has 0 aromatic heterocycles. The number of carbonyl (C=O) groups is 2. The van der Waals surface area contributed by atoms with Crippen molar-refractivity contribution in [1.82, 2.24) is 5.32 Å². The minimum absolute atomic E-state index is 0.00956. The maximum Gasteiger partial charge on any atom is 0.303 e. The van der Waals surface area contributed by atoms with Crippen LogP contribution in [-0.2, 0) is 9.59 Å². The molecule has 0 saturated heterocycles. The summed E-state index contributed by atoms with van der Waals surface area (Å²) in [5, 5.41) is 11.6. The van der Waals surface area contributed by atoms with Crippen molar-refractivity contribution in [3.63, 3.8) is 0 Å². The lowest BCUT2D eigenvalue weighted by Crippen LogP contribution is -2.31. The molecular weight excluding hydrogens is 297 g/mol. The van der Waals surface area contributed by atoms with Crippen molar-refractivity contribution >= 4 is 11.9 Å². The van der Waals surface area contributed by atoms with E-state index in [4.69, 9.17) is 5.11 Å². The van der Waals surface area contributed by atoms with E-state index < -0.39 is 5.97 Å². The molecule has 1 atom stereocenters. The maximum atomic E-state index is 13.1. The highest BCUT2D eigenvalue weighted by molar-refractivity contribution is 5.76. The van der Waals surface area contributed by atoms with E-state index in [0.717, 1.165) is 12.0 Å². The number of halogens is 1. The summed E-state index contributed by atoms with van der Waals surface area (Å²) in [5.74, 6) is -1.25. The van der Waals surface area contributed by atoms with Crippen LogP contribution in [0, 0.1) is 11.2 Å². The second-order valence-electron chi connectivity index (χ2n) is 7.04. The third-order valence-corrected chi connectivity index (χ3v) is 3.47. The minimum Gasteiger partial charge on any atom is -0.481 e. The van der Waals surface area contributed by atoms with Crippen molar-refractivity contribution in [1.29, 1.82) is 0 Å². The number of hydrogen-bond donors (Lipinski definition) is 2. The lowest BCUT2D eigenvalue weighted by atomic mass is 9.85. The van der Waals surface area contributed by atoms with Gasteiger partial charge in [-0.1, -0.05) is 32.9 Å². The van der Waals surface area contributed by atoms with Crippen molar-refractivity contribution in [3.8, 4) is 0 Å². The van der Waals surface area contributed by atoms with Gasteiger partial charge in [0, 0.05) is 12.8 Å². The van der Waals surface area contributed by atoms with E-state index in [1.165, 1.54) is 12.1 Å². The molecular formula is C18H26FNO3. The molecule has 0 aliphatic heterocycles. The zero-order chi connectivity index (χ0) is 17.5. The third-order valence-electron chi connectivity index (χ3n) is 3.47. The van der Waals surface area contributed by atoms with Gasteiger partial charge in [-0.2, -0.15) is 0 Å². The molecule has 0 saturated carbocycles. The summed E-state index contributed by atoms with van der Waals surface area (Å²) in [7, 11) is 0. The lowest BCUT2D eigenvalue weighted by molar-refractivity contribution is -0.137. The summed E-state index contributed by atoms with van der Waals surface area (Å²) in [6.45, 7) is 6.26. The summed E-state index contributed by atoms with van der Waals surface area (Å²) >= 11 is 0. The largest absolute Gasteiger partial charge is 0.481 e. The Morgan fingerprint density at radius 1 is 1.13 bits per heavy atom. The van der Waals surface area contributed by atoms with E-state index in [0.29, 0.717) is 19.3 Å². The zero-order valence-corrected chi connectivity index (χ0v) is 14.1. The van der Waals surface area contributed by atoms with Crippen molar-refractivity contribution in [2.45, 2.75) is 58.9 Å². The summed E-state index contributed by atoms with van der Waals surface area (Å²) in [6.07, 6.45) is 2.15. The SMILES string of the molecule is CC(C)(C)CC(NC(=O)CCCCC(=O)O)c1ccc(F)cc1. The van der Waals surface area contributed by atoms with Crippen molar-refractivity contribution in [3.05, 3.63) is 35.6 Å². The molecule has 4 nitrogen and oxygen atoms in total. The Bertz CT molecular complexity index is 520. The van der Waals surface area contributed by atoms with E-state index in [1.54, 1.807) is 12.1 Å². The fourth-order valence-electron chi connectivity index (χ4n) is 2.39. The molecule has 0 aliphatic rings. The highest BCUT2D eigenvalue weighted by Gasteiger charge is 2.22. The number of benzene rings is 1. The Hall–Kier alpha value is -1.91. The van der Waals surface area contributed by atoms with E-state index in [2.05, 4.69) is 26.1 Å². The summed E-state index contributed by atoms with van der Waals surface area (Å²) in [6, 6.07) is 5.99. The first kappa shape index (κ1) is 19.1. The fourth-order valence-corrected chi connectivity index (χ4v) is 2.39. The van der Waals surface area contributed by atoms with Crippen molar-refractivity contribution in [2.75, 3.05) is 0 Å². The first-order chi connectivity index (χ1) is 10.7. The lowest BCUT2D eigenvalue weighted by Gasteiger charge is -2.27. The van der Waals surface area contributed by atoms with Crippen LogP contribution >= 0.6 is 0 Å². The molecule has 0 bridgehead atoms. The molecule has 2 N–H and O–H groups in total. The smallest absolute Gasteiger partial charge is 0.303 e. The van der Waals surface area contributed by atoms with E-state index >= 15 is 0 Å². The van der Waals surface area contributed by atoms with Crippen LogP contribution in [0.25, 0.3) is 0 Å². The second-order valence-corrected chi connectivity index (χ2v) is 7.04. The van der Waals surface area contributed by atoms with Crippen molar-refractivity contribution < 1.29 is 19.1 Å². The Kier molecular flexibility index (Phi) is 7.20. The van der Waals surface area contributed by atoms with E-state index in [9.17, 15) is 14.0 Å². The highest BCUT2D eigenvalue weighted by Crippen LogP contribution is 2.29. The summed E-state index contributed by atoms with van der Waals surface area (Å²) < 4.78 is 13.1. The molecule has 0 fully saturated rings. The van der Waals surface area contributed by atoms with Gasteiger partial charge in [0.05, 0.1) is 6.04 Å². The van der Waals surface area contributed by atoms with E-state index in [-0.39, 0.29) is 29.6 Å². The molecule has 0 spiro atoms. The number of unbranched alkanes of at least 4 members (excludes halogenated alkanes) is 1. The highest BCUT2D eigenvalue weighted by atomic mass is 19.1. The van der Waals surface area contributed by atoms with Crippen LogP contribution in [0.4, 0.5) is 4.39 Å². The molecule has 1 unspecified atom stereocenters. The van der Waals surface area contributed by atoms with Crippen LogP contribution in [0.15, 0.2) is 24.3 Å². The summed E-state index contributed by atoms with van der Waals surface area (Å²) in [4.78, 5) is 22.6. The van der Waals surface area contributed by atoms with Gasteiger partial charge < -0.3 is 10.4 Å². The van der Waals surface area contributed by atoms with Gasteiger partial charge in [0.2, 0.25) is 5.91 Å². The number of rotatable bonds is 8. The van der Waals surface area contributed by atoms with E-state index in [1.807, 2.05) is 0 Å². The Morgan fingerprint density at radius 3 is 2.22 bits per heavy atom. The minimum atomic E-state index is -0.845. The Morgan fingerprint density at radius 2 is 1.70 bits per heavy atom. The monoisotopic (exact) mass is 323 g/mol.